The Hall–Kier alpha value is -0.0800. The molecule has 0 aromatic rings. The average Bonchev–Trinajstić information content (AvgIpc) is 3.27. The van der Waals surface area contributed by atoms with Gasteiger partial charge in [0.2, 0.25) is 0 Å². The van der Waals surface area contributed by atoms with E-state index in [4.69, 9.17) is 0 Å². The fraction of sp³-hybridized carbons (Fsp3) is 1.00. The highest BCUT2D eigenvalue weighted by molar-refractivity contribution is 4.94. The predicted molar refractivity (Wildman–Crippen MR) is 76.8 cm³/mol. The monoisotopic (exact) mass is 250 g/mol. The first kappa shape index (κ1) is 12.9. The molecule has 0 bridgehead atoms. The molecule has 3 fully saturated rings. The van der Waals surface area contributed by atoms with Crippen molar-refractivity contribution in [1.29, 1.82) is 0 Å². The molecule has 0 heterocycles. The average molecular weight is 250 g/mol. The lowest BCUT2D eigenvalue weighted by atomic mass is 9.89. The molecular formula is C16H30N2. The molecule has 0 amide bonds. The second-order valence-electron chi connectivity index (χ2n) is 6.84. The maximum atomic E-state index is 3.76. The molecule has 0 radical (unpaired) electrons. The molecule has 0 aromatic heterocycles. The van der Waals surface area contributed by atoms with Gasteiger partial charge in [-0.05, 0) is 63.8 Å². The minimum absolute atomic E-state index is 0.809. The van der Waals surface area contributed by atoms with Crippen molar-refractivity contribution in [2.75, 3.05) is 13.1 Å². The van der Waals surface area contributed by atoms with Crippen LogP contribution in [0.1, 0.15) is 64.7 Å². The van der Waals surface area contributed by atoms with Gasteiger partial charge in [0.1, 0.15) is 0 Å². The minimum atomic E-state index is 0.809. The van der Waals surface area contributed by atoms with Crippen LogP contribution in [0.2, 0.25) is 0 Å². The molecule has 104 valence electrons. The summed E-state index contributed by atoms with van der Waals surface area (Å²) in [6.07, 6.45) is 13.0. The maximum Gasteiger partial charge on any atom is 0.0113 e. The fourth-order valence-corrected chi connectivity index (χ4v) is 3.60. The van der Waals surface area contributed by atoms with E-state index in [1.54, 1.807) is 0 Å². The first-order chi connectivity index (χ1) is 8.86. The van der Waals surface area contributed by atoms with E-state index in [0.29, 0.717) is 0 Å². The summed E-state index contributed by atoms with van der Waals surface area (Å²) in [5.41, 5.74) is 0. The van der Waals surface area contributed by atoms with E-state index in [0.717, 1.165) is 24.0 Å². The Bertz CT molecular complexity index is 258. The zero-order valence-electron chi connectivity index (χ0n) is 12.0. The van der Waals surface area contributed by atoms with E-state index >= 15 is 0 Å². The van der Waals surface area contributed by atoms with Gasteiger partial charge in [-0.1, -0.05) is 13.3 Å². The second kappa shape index (κ2) is 5.92. The zero-order valence-corrected chi connectivity index (χ0v) is 12.0. The van der Waals surface area contributed by atoms with E-state index in [-0.39, 0.29) is 0 Å². The van der Waals surface area contributed by atoms with E-state index in [1.807, 2.05) is 0 Å². The van der Waals surface area contributed by atoms with Crippen LogP contribution in [0.25, 0.3) is 0 Å². The van der Waals surface area contributed by atoms with Crippen LogP contribution in [-0.4, -0.2) is 36.1 Å². The van der Waals surface area contributed by atoms with Crippen LogP contribution in [0.5, 0.6) is 0 Å². The summed E-state index contributed by atoms with van der Waals surface area (Å²) in [7, 11) is 0. The van der Waals surface area contributed by atoms with Gasteiger partial charge in [0.25, 0.3) is 0 Å². The predicted octanol–water partition coefficient (Wildman–Crippen LogP) is 3.17. The van der Waals surface area contributed by atoms with Gasteiger partial charge in [0.15, 0.2) is 0 Å². The summed E-state index contributed by atoms with van der Waals surface area (Å²) in [4.78, 5) is 2.91. The number of nitrogens with zero attached hydrogens (tertiary/aromatic N) is 1. The van der Waals surface area contributed by atoms with Crippen molar-refractivity contribution in [1.82, 2.24) is 10.2 Å². The molecule has 0 aliphatic heterocycles. The van der Waals surface area contributed by atoms with Gasteiger partial charge >= 0.3 is 0 Å². The molecule has 3 rings (SSSR count). The Morgan fingerprint density at radius 2 is 1.83 bits per heavy atom. The first-order valence-corrected chi connectivity index (χ1v) is 8.36. The summed E-state index contributed by atoms with van der Waals surface area (Å²) in [5, 5.41) is 3.76. The van der Waals surface area contributed by atoms with Crippen molar-refractivity contribution in [3.63, 3.8) is 0 Å². The molecule has 2 atom stereocenters. The number of hydrogen-bond acceptors (Lipinski definition) is 2. The first-order valence-electron chi connectivity index (χ1n) is 8.36. The van der Waals surface area contributed by atoms with Crippen molar-refractivity contribution >= 4 is 0 Å². The Labute approximate surface area is 113 Å². The summed E-state index contributed by atoms with van der Waals surface area (Å²) in [6, 6.07) is 2.69. The second-order valence-corrected chi connectivity index (χ2v) is 6.84. The van der Waals surface area contributed by atoms with Crippen LogP contribution in [0.4, 0.5) is 0 Å². The van der Waals surface area contributed by atoms with Crippen LogP contribution in [0, 0.1) is 5.92 Å². The number of hydrogen-bond donors (Lipinski definition) is 1. The van der Waals surface area contributed by atoms with Crippen molar-refractivity contribution in [3.05, 3.63) is 0 Å². The lowest BCUT2D eigenvalue weighted by Gasteiger charge is -2.38. The normalized spacial score (nSPS) is 33.0. The maximum absolute atomic E-state index is 3.76. The molecule has 3 aliphatic carbocycles. The standard InChI is InChI=1S/C16H30N2/c1-2-10-17-14-4-3-5-16(11-14)18(15-8-9-15)12-13-6-7-13/h13-17H,2-12H2,1H3. The van der Waals surface area contributed by atoms with E-state index in [1.165, 1.54) is 70.9 Å². The SMILES string of the molecule is CCCNC1CCCC(N(CC2CC2)C2CC2)C1. The Balaban J connectivity index is 1.51. The van der Waals surface area contributed by atoms with Crippen LogP contribution >= 0.6 is 0 Å². The summed E-state index contributed by atoms with van der Waals surface area (Å²) < 4.78 is 0. The Kier molecular flexibility index (Phi) is 4.25. The molecule has 2 unspecified atom stereocenters. The third kappa shape index (κ3) is 3.48. The van der Waals surface area contributed by atoms with Gasteiger partial charge in [-0.2, -0.15) is 0 Å². The minimum Gasteiger partial charge on any atom is -0.314 e. The van der Waals surface area contributed by atoms with Crippen LogP contribution in [0.3, 0.4) is 0 Å². The quantitative estimate of drug-likeness (QED) is 0.746. The van der Waals surface area contributed by atoms with Gasteiger partial charge in [0.05, 0.1) is 0 Å². The van der Waals surface area contributed by atoms with Crippen LogP contribution in [0.15, 0.2) is 0 Å². The highest BCUT2D eigenvalue weighted by atomic mass is 15.2. The third-order valence-electron chi connectivity index (χ3n) is 4.98. The lowest BCUT2D eigenvalue weighted by molar-refractivity contribution is 0.125. The van der Waals surface area contributed by atoms with Gasteiger partial charge in [0, 0.05) is 24.7 Å². The lowest BCUT2D eigenvalue weighted by Crippen LogP contribution is -2.46. The van der Waals surface area contributed by atoms with Gasteiger partial charge in [-0.3, -0.25) is 4.90 Å². The highest BCUT2D eigenvalue weighted by Gasteiger charge is 2.38. The zero-order chi connectivity index (χ0) is 12.4. The van der Waals surface area contributed by atoms with Crippen molar-refractivity contribution in [2.45, 2.75) is 82.8 Å². The molecule has 18 heavy (non-hydrogen) atoms. The smallest absolute Gasteiger partial charge is 0.0113 e. The molecular weight excluding hydrogens is 220 g/mol. The summed E-state index contributed by atoms with van der Waals surface area (Å²) >= 11 is 0. The van der Waals surface area contributed by atoms with Crippen molar-refractivity contribution in [3.8, 4) is 0 Å². The highest BCUT2D eigenvalue weighted by Crippen LogP contribution is 2.38. The van der Waals surface area contributed by atoms with Crippen LogP contribution < -0.4 is 5.32 Å². The number of rotatable bonds is 7. The van der Waals surface area contributed by atoms with Gasteiger partial charge in [-0.25, -0.2) is 0 Å². The Morgan fingerprint density at radius 3 is 2.50 bits per heavy atom. The van der Waals surface area contributed by atoms with Gasteiger partial charge < -0.3 is 5.32 Å². The summed E-state index contributed by atoms with van der Waals surface area (Å²) in [5.74, 6) is 1.06. The Morgan fingerprint density at radius 1 is 1.00 bits per heavy atom. The fourth-order valence-electron chi connectivity index (χ4n) is 3.60. The molecule has 3 saturated carbocycles. The van der Waals surface area contributed by atoms with Crippen molar-refractivity contribution < 1.29 is 0 Å². The molecule has 2 heteroatoms. The summed E-state index contributed by atoms with van der Waals surface area (Å²) in [6.45, 7) is 4.91. The molecule has 3 aliphatic rings. The number of nitrogens with one attached hydrogen (secondary N) is 1. The van der Waals surface area contributed by atoms with E-state index in [2.05, 4.69) is 17.1 Å². The largest absolute Gasteiger partial charge is 0.314 e. The van der Waals surface area contributed by atoms with Gasteiger partial charge in [-0.15, -0.1) is 0 Å². The molecule has 1 N–H and O–H groups in total. The molecule has 0 saturated heterocycles. The van der Waals surface area contributed by atoms with E-state index in [9.17, 15) is 0 Å². The topological polar surface area (TPSA) is 15.3 Å². The van der Waals surface area contributed by atoms with Crippen molar-refractivity contribution in [2.24, 2.45) is 5.92 Å². The molecule has 0 spiro atoms. The molecule has 2 nitrogen and oxygen atoms in total. The van der Waals surface area contributed by atoms with E-state index < -0.39 is 0 Å². The van der Waals surface area contributed by atoms with Crippen LogP contribution in [-0.2, 0) is 0 Å². The molecule has 0 aromatic carbocycles. The third-order valence-corrected chi connectivity index (χ3v) is 4.98.